The normalized spacial score (nSPS) is 11.8. The Morgan fingerprint density at radius 1 is 1.25 bits per heavy atom. The minimum atomic E-state index is 0.308. The van der Waals surface area contributed by atoms with E-state index in [0.29, 0.717) is 18.1 Å². The van der Waals surface area contributed by atoms with Crippen molar-refractivity contribution in [3.05, 3.63) is 42.0 Å². The molecule has 20 heavy (non-hydrogen) atoms. The third-order valence-electron chi connectivity index (χ3n) is 3.01. The minimum absolute atomic E-state index is 0.308. The van der Waals surface area contributed by atoms with Crippen LogP contribution < -0.4 is 10.5 Å². The Hall–Kier alpha value is -1.72. The van der Waals surface area contributed by atoms with Crippen LogP contribution in [0.5, 0.6) is 5.75 Å². The molecule has 0 aromatic heterocycles. The highest BCUT2D eigenvalue weighted by molar-refractivity contribution is 7.92. The van der Waals surface area contributed by atoms with Crippen molar-refractivity contribution in [2.45, 2.75) is 19.8 Å². The Morgan fingerprint density at radius 2 is 2.00 bits per heavy atom. The maximum atomic E-state index is 8.68. The van der Waals surface area contributed by atoms with Crippen LogP contribution in [-0.2, 0) is 0 Å². The van der Waals surface area contributed by atoms with E-state index >= 15 is 0 Å². The fourth-order valence-electron chi connectivity index (χ4n) is 1.90. The Bertz CT molecular complexity index is 614. The molecule has 3 N–H and O–H groups in total. The summed E-state index contributed by atoms with van der Waals surface area (Å²) in [6.45, 7) is 2.88. The second-order valence-corrected chi connectivity index (χ2v) is 4.83. The molecule has 0 aliphatic rings. The van der Waals surface area contributed by atoms with Crippen molar-refractivity contribution in [3.63, 3.8) is 0 Å². The lowest BCUT2D eigenvalue weighted by atomic mass is 10.1. The number of unbranched alkanes of at least 4 members (excludes halogenated alkanes) is 1. The van der Waals surface area contributed by atoms with Gasteiger partial charge in [-0.05, 0) is 35.4 Å². The smallest absolute Gasteiger partial charge is 0.141 e. The van der Waals surface area contributed by atoms with Gasteiger partial charge in [-0.1, -0.05) is 31.5 Å². The topological polar surface area (TPSA) is 67.8 Å². The Morgan fingerprint density at radius 3 is 2.75 bits per heavy atom. The van der Waals surface area contributed by atoms with Gasteiger partial charge in [0.05, 0.1) is 6.61 Å². The maximum absolute atomic E-state index is 8.68. The fraction of sp³-hybridized carbons (Fsp3) is 0.267. The lowest BCUT2D eigenvalue weighted by Gasteiger charge is -2.07. The third kappa shape index (κ3) is 3.65. The molecule has 0 spiro atoms. The maximum Gasteiger partial charge on any atom is 0.141 e. The molecule has 0 aliphatic carbocycles. The van der Waals surface area contributed by atoms with Crippen LogP contribution in [0.25, 0.3) is 10.8 Å². The number of nitrogens with two attached hydrogens (primary N) is 1. The summed E-state index contributed by atoms with van der Waals surface area (Å²) in [5.41, 5.74) is 6.54. The van der Waals surface area contributed by atoms with Gasteiger partial charge >= 0.3 is 0 Å². The molecule has 0 saturated carbocycles. The lowest BCUT2D eigenvalue weighted by molar-refractivity contribution is 0.310. The zero-order valence-electron chi connectivity index (χ0n) is 11.4. The van der Waals surface area contributed by atoms with E-state index in [9.17, 15) is 0 Å². The van der Waals surface area contributed by atoms with Crippen molar-refractivity contribution in [2.75, 3.05) is 6.61 Å². The fourth-order valence-corrected chi connectivity index (χ4v) is 2.10. The minimum Gasteiger partial charge on any atom is -0.494 e. The molecule has 4 nitrogen and oxygen atoms in total. The number of fused-ring (bicyclic) bond motifs is 1. The monoisotopic (exact) mass is 290 g/mol. The van der Waals surface area contributed by atoms with E-state index in [-0.39, 0.29) is 0 Å². The molecule has 2 aromatic rings. The second-order valence-electron chi connectivity index (χ2n) is 4.48. The van der Waals surface area contributed by atoms with Gasteiger partial charge in [-0.15, -0.1) is 0 Å². The Balaban J connectivity index is 2.23. The van der Waals surface area contributed by atoms with Gasteiger partial charge in [0.25, 0.3) is 0 Å². The van der Waals surface area contributed by atoms with Gasteiger partial charge in [-0.25, -0.2) is 0 Å². The van der Waals surface area contributed by atoms with Gasteiger partial charge in [0.1, 0.15) is 23.8 Å². The summed E-state index contributed by atoms with van der Waals surface area (Å²) in [4.78, 5) is 0. The molecular formula is C15H18N2O2S. The standard InChI is InChI=1S/C15H18N2O2S/c1-2-3-8-19-14-7-6-11-9-13(15(16)17-20-18)5-4-12(11)10-14/h4-7,9-10,18H,2-3,8H2,1H3,(H2,16,17). The number of nitrogens with zero attached hydrogens (tertiary/aromatic N) is 1. The first-order valence-corrected chi connectivity index (χ1v) is 7.28. The van der Waals surface area contributed by atoms with Crippen molar-refractivity contribution in [1.29, 1.82) is 0 Å². The highest BCUT2D eigenvalue weighted by Gasteiger charge is 2.02. The summed E-state index contributed by atoms with van der Waals surface area (Å²) >= 11 is 0.367. The van der Waals surface area contributed by atoms with E-state index < -0.39 is 0 Å². The first-order chi connectivity index (χ1) is 9.74. The van der Waals surface area contributed by atoms with Crippen LogP contribution in [0.2, 0.25) is 0 Å². The summed E-state index contributed by atoms with van der Waals surface area (Å²) in [7, 11) is 0. The van der Waals surface area contributed by atoms with Gasteiger partial charge in [0.2, 0.25) is 0 Å². The van der Waals surface area contributed by atoms with Gasteiger partial charge in [-0.3, -0.25) is 0 Å². The highest BCUT2D eigenvalue weighted by Crippen LogP contribution is 2.22. The average Bonchev–Trinajstić information content (AvgIpc) is 2.47. The number of hydrogen-bond donors (Lipinski definition) is 2. The van der Waals surface area contributed by atoms with Crippen LogP contribution in [0.4, 0.5) is 0 Å². The molecule has 0 saturated heterocycles. The van der Waals surface area contributed by atoms with Crippen molar-refractivity contribution >= 4 is 28.8 Å². The second kappa shape index (κ2) is 7.17. The molecule has 2 rings (SSSR count). The molecule has 0 heterocycles. The zero-order valence-corrected chi connectivity index (χ0v) is 12.2. The van der Waals surface area contributed by atoms with Gasteiger partial charge in [0.15, 0.2) is 0 Å². The summed E-state index contributed by atoms with van der Waals surface area (Å²) in [6, 6.07) is 11.8. The van der Waals surface area contributed by atoms with Crippen LogP contribution in [0.1, 0.15) is 25.3 Å². The predicted molar refractivity (Wildman–Crippen MR) is 85.3 cm³/mol. The van der Waals surface area contributed by atoms with E-state index in [1.54, 1.807) is 0 Å². The molecule has 0 unspecified atom stereocenters. The first kappa shape index (κ1) is 14.7. The van der Waals surface area contributed by atoms with Crippen LogP contribution >= 0.6 is 12.2 Å². The molecule has 0 fully saturated rings. The van der Waals surface area contributed by atoms with Gasteiger partial charge in [0, 0.05) is 5.56 Å². The van der Waals surface area contributed by atoms with E-state index in [1.807, 2.05) is 36.4 Å². The van der Waals surface area contributed by atoms with Crippen LogP contribution in [-0.4, -0.2) is 17.0 Å². The predicted octanol–water partition coefficient (Wildman–Crippen LogP) is 3.85. The summed E-state index contributed by atoms with van der Waals surface area (Å²) < 4.78 is 18.1. The SMILES string of the molecule is CCCCOc1ccc2cc(C(N)=NSO)ccc2c1. The van der Waals surface area contributed by atoms with Crippen molar-refractivity contribution < 1.29 is 9.29 Å². The quantitative estimate of drug-likeness (QED) is 0.279. The summed E-state index contributed by atoms with van der Waals surface area (Å²) in [5, 5.41) is 2.15. The molecule has 5 heteroatoms. The van der Waals surface area contributed by atoms with Crippen LogP contribution in [0, 0.1) is 0 Å². The largest absolute Gasteiger partial charge is 0.494 e. The van der Waals surface area contributed by atoms with E-state index in [2.05, 4.69) is 11.3 Å². The lowest BCUT2D eigenvalue weighted by Crippen LogP contribution is -2.12. The van der Waals surface area contributed by atoms with Crippen LogP contribution in [0.3, 0.4) is 0 Å². The molecule has 0 bridgehead atoms. The number of benzene rings is 2. The highest BCUT2D eigenvalue weighted by atomic mass is 32.2. The molecular weight excluding hydrogens is 272 g/mol. The number of rotatable bonds is 6. The van der Waals surface area contributed by atoms with Gasteiger partial charge in [-0.2, -0.15) is 4.40 Å². The molecule has 0 radical (unpaired) electrons. The van der Waals surface area contributed by atoms with E-state index in [1.165, 1.54) is 0 Å². The van der Waals surface area contributed by atoms with Crippen molar-refractivity contribution in [1.82, 2.24) is 0 Å². The first-order valence-electron chi connectivity index (χ1n) is 6.55. The average molecular weight is 290 g/mol. The Kier molecular flexibility index (Phi) is 5.26. The molecule has 0 amide bonds. The Labute approximate surface area is 123 Å². The van der Waals surface area contributed by atoms with Crippen molar-refractivity contribution in [2.24, 2.45) is 10.1 Å². The number of amidine groups is 1. The van der Waals surface area contributed by atoms with Crippen LogP contribution in [0.15, 0.2) is 40.8 Å². The van der Waals surface area contributed by atoms with Gasteiger partial charge < -0.3 is 15.0 Å². The van der Waals surface area contributed by atoms with E-state index in [0.717, 1.165) is 41.5 Å². The summed E-state index contributed by atoms with van der Waals surface area (Å²) in [6.07, 6.45) is 2.18. The zero-order chi connectivity index (χ0) is 14.4. The number of hydrogen-bond acceptors (Lipinski definition) is 4. The molecule has 106 valence electrons. The van der Waals surface area contributed by atoms with Crippen molar-refractivity contribution in [3.8, 4) is 5.75 Å². The third-order valence-corrected chi connectivity index (χ3v) is 3.29. The summed E-state index contributed by atoms with van der Waals surface area (Å²) in [5.74, 6) is 1.19. The molecule has 0 aliphatic heterocycles. The van der Waals surface area contributed by atoms with E-state index in [4.69, 9.17) is 15.0 Å². The molecule has 2 aromatic carbocycles. The number of ether oxygens (including phenoxy) is 1. The molecule has 0 atom stereocenters.